The van der Waals surface area contributed by atoms with Gasteiger partial charge in [0.05, 0.1) is 5.92 Å². The first-order valence-corrected chi connectivity index (χ1v) is 8.57. The van der Waals surface area contributed by atoms with Gasteiger partial charge in [-0.2, -0.15) is 0 Å². The monoisotopic (exact) mass is 361 g/mol. The zero-order valence-electron chi connectivity index (χ0n) is 15.1. The fraction of sp³-hybridized carbons (Fsp3) is 0.381. The molecule has 136 valence electrons. The molecular formula is C21H28ClNO2. The molecule has 3 atom stereocenters. The molecule has 0 fully saturated rings. The predicted molar refractivity (Wildman–Crippen MR) is 105 cm³/mol. The molecule has 2 N–H and O–H groups in total. The second-order valence-electron chi connectivity index (χ2n) is 6.67. The highest BCUT2D eigenvalue weighted by atomic mass is 35.5. The van der Waals surface area contributed by atoms with Crippen molar-refractivity contribution in [1.29, 1.82) is 0 Å². The van der Waals surface area contributed by atoms with E-state index in [4.69, 9.17) is 5.11 Å². The van der Waals surface area contributed by atoms with Crippen molar-refractivity contribution < 1.29 is 9.90 Å². The molecule has 2 aromatic carbocycles. The molecule has 0 aliphatic heterocycles. The number of carboxylic acid groups (broad SMARTS) is 1. The molecule has 0 spiro atoms. The van der Waals surface area contributed by atoms with Crippen LogP contribution in [0.25, 0.3) is 0 Å². The van der Waals surface area contributed by atoms with Gasteiger partial charge in [0.2, 0.25) is 0 Å². The molecule has 0 heterocycles. The number of hydrogen-bond donors (Lipinski definition) is 2. The van der Waals surface area contributed by atoms with Crippen molar-refractivity contribution in [3.63, 3.8) is 0 Å². The maximum absolute atomic E-state index is 11.0. The summed E-state index contributed by atoms with van der Waals surface area (Å²) in [6.45, 7) is 6.11. The molecule has 4 heteroatoms. The van der Waals surface area contributed by atoms with Crippen molar-refractivity contribution in [2.75, 3.05) is 0 Å². The quantitative estimate of drug-likeness (QED) is 0.719. The maximum Gasteiger partial charge on any atom is 0.306 e. The van der Waals surface area contributed by atoms with Crippen molar-refractivity contribution in [2.24, 2.45) is 5.92 Å². The highest BCUT2D eigenvalue weighted by Gasteiger charge is 2.13. The van der Waals surface area contributed by atoms with E-state index in [1.807, 2.05) is 18.2 Å². The third kappa shape index (κ3) is 6.89. The molecule has 2 rings (SSSR count). The van der Waals surface area contributed by atoms with Gasteiger partial charge >= 0.3 is 5.97 Å². The van der Waals surface area contributed by atoms with Crippen LogP contribution in [-0.4, -0.2) is 17.1 Å². The minimum atomic E-state index is -0.743. The fourth-order valence-electron chi connectivity index (χ4n) is 3.00. The predicted octanol–water partition coefficient (Wildman–Crippen LogP) is 4.65. The first kappa shape index (κ1) is 21.2. The molecule has 0 bridgehead atoms. The summed E-state index contributed by atoms with van der Waals surface area (Å²) in [4.78, 5) is 11.0. The third-order valence-electron chi connectivity index (χ3n) is 4.33. The van der Waals surface area contributed by atoms with Gasteiger partial charge in [0.25, 0.3) is 0 Å². The molecular weight excluding hydrogens is 334 g/mol. The van der Waals surface area contributed by atoms with Crippen molar-refractivity contribution in [1.82, 2.24) is 5.32 Å². The number of carbonyl (C=O) groups is 1. The molecule has 0 aromatic heterocycles. The van der Waals surface area contributed by atoms with Crippen LogP contribution in [0, 0.1) is 5.92 Å². The van der Waals surface area contributed by atoms with Crippen molar-refractivity contribution in [2.45, 2.75) is 45.7 Å². The van der Waals surface area contributed by atoms with Crippen LogP contribution in [-0.2, 0) is 17.6 Å². The Bertz CT molecular complexity index is 660. The lowest BCUT2D eigenvalue weighted by molar-refractivity contribution is -0.141. The van der Waals surface area contributed by atoms with Crippen molar-refractivity contribution in [3.05, 3.63) is 71.3 Å². The standard InChI is InChI=1S/C21H27NO2.ClH/c1-15(21(23)24)12-18-8-7-9-19(14-18)13-16(2)22-17(3)20-10-5-4-6-11-20;/h4-11,14-17,22H,12-13H2,1-3H3,(H,23,24);1H/t15?,16-,17-;/m1./s1. The average molecular weight is 362 g/mol. The van der Waals surface area contributed by atoms with Gasteiger partial charge in [0.1, 0.15) is 0 Å². The van der Waals surface area contributed by atoms with Gasteiger partial charge in [0.15, 0.2) is 0 Å². The number of benzene rings is 2. The van der Waals surface area contributed by atoms with Gasteiger partial charge in [-0.15, -0.1) is 12.4 Å². The van der Waals surface area contributed by atoms with E-state index in [2.05, 4.69) is 55.6 Å². The van der Waals surface area contributed by atoms with Crippen LogP contribution in [0.3, 0.4) is 0 Å². The van der Waals surface area contributed by atoms with Crippen LogP contribution in [0.1, 0.15) is 43.5 Å². The van der Waals surface area contributed by atoms with Crippen molar-refractivity contribution in [3.8, 4) is 0 Å². The number of hydrogen-bond acceptors (Lipinski definition) is 2. The Kier molecular flexibility index (Phi) is 8.67. The SMILES string of the molecule is CC(Cc1cccc(C[C@@H](C)N[C@H](C)c2ccccc2)c1)C(=O)O.Cl. The summed E-state index contributed by atoms with van der Waals surface area (Å²) in [5, 5.41) is 12.7. The van der Waals surface area contributed by atoms with Crippen molar-refractivity contribution >= 4 is 18.4 Å². The largest absolute Gasteiger partial charge is 0.481 e. The molecule has 1 unspecified atom stereocenters. The Morgan fingerprint density at radius 3 is 2.16 bits per heavy atom. The Morgan fingerprint density at radius 1 is 0.960 bits per heavy atom. The van der Waals surface area contributed by atoms with Gasteiger partial charge in [-0.3, -0.25) is 4.79 Å². The lowest BCUT2D eigenvalue weighted by Crippen LogP contribution is -2.30. The zero-order chi connectivity index (χ0) is 17.5. The Balaban J connectivity index is 0.00000312. The molecule has 0 aliphatic rings. The maximum atomic E-state index is 11.0. The summed E-state index contributed by atoms with van der Waals surface area (Å²) >= 11 is 0. The van der Waals surface area contributed by atoms with E-state index in [0.717, 1.165) is 12.0 Å². The Labute approximate surface area is 156 Å². The van der Waals surface area contributed by atoms with Gasteiger partial charge < -0.3 is 10.4 Å². The van der Waals surface area contributed by atoms with Crippen LogP contribution in [0.4, 0.5) is 0 Å². The normalized spacial score (nSPS) is 14.2. The smallest absolute Gasteiger partial charge is 0.306 e. The summed E-state index contributed by atoms with van der Waals surface area (Å²) < 4.78 is 0. The Hall–Kier alpha value is -1.84. The second-order valence-corrected chi connectivity index (χ2v) is 6.67. The number of carboxylic acids is 1. The highest BCUT2D eigenvalue weighted by molar-refractivity contribution is 5.85. The molecule has 0 amide bonds. The first-order chi connectivity index (χ1) is 11.5. The van der Waals surface area contributed by atoms with E-state index in [-0.39, 0.29) is 18.3 Å². The second kappa shape index (κ2) is 10.2. The molecule has 0 radical (unpaired) electrons. The minimum absolute atomic E-state index is 0. The van der Waals surface area contributed by atoms with Gasteiger partial charge in [-0.05, 0) is 43.4 Å². The first-order valence-electron chi connectivity index (χ1n) is 8.57. The van der Waals surface area contributed by atoms with E-state index < -0.39 is 5.97 Å². The molecule has 0 saturated carbocycles. The number of rotatable bonds is 8. The van der Waals surface area contributed by atoms with E-state index in [1.54, 1.807) is 6.92 Å². The molecule has 3 nitrogen and oxygen atoms in total. The minimum Gasteiger partial charge on any atom is -0.481 e. The lowest BCUT2D eigenvalue weighted by Gasteiger charge is -2.21. The van der Waals surface area contributed by atoms with E-state index in [9.17, 15) is 4.79 Å². The van der Waals surface area contributed by atoms with Crippen LogP contribution < -0.4 is 5.32 Å². The lowest BCUT2D eigenvalue weighted by atomic mass is 9.97. The number of aliphatic carboxylic acids is 1. The summed E-state index contributed by atoms with van der Waals surface area (Å²) in [5.41, 5.74) is 3.62. The van der Waals surface area contributed by atoms with Crippen LogP contribution in [0.5, 0.6) is 0 Å². The molecule has 0 saturated heterocycles. The average Bonchev–Trinajstić information content (AvgIpc) is 2.55. The van der Waals surface area contributed by atoms with Gasteiger partial charge in [-0.25, -0.2) is 0 Å². The summed E-state index contributed by atoms with van der Waals surface area (Å²) in [5.74, 6) is -1.10. The zero-order valence-corrected chi connectivity index (χ0v) is 15.9. The van der Waals surface area contributed by atoms with Gasteiger partial charge in [0, 0.05) is 12.1 Å². The Morgan fingerprint density at radius 2 is 1.56 bits per heavy atom. The van der Waals surface area contributed by atoms with E-state index >= 15 is 0 Å². The van der Waals surface area contributed by atoms with E-state index in [1.165, 1.54) is 11.1 Å². The molecule has 25 heavy (non-hydrogen) atoms. The number of nitrogens with one attached hydrogen (secondary N) is 1. The summed E-state index contributed by atoms with van der Waals surface area (Å²) in [6.07, 6.45) is 1.50. The summed E-state index contributed by atoms with van der Waals surface area (Å²) in [7, 11) is 0. The number of halogens is 1. The molecule has 2 aromatic rings. The van der Waals surface area contributed by atoms with Gasteiger partial charge in [-0.1, -0.05) is 61.5 Å². The fourth-order valence-corrected chi connectivity index (χ4v) is 3.00. The summed E-state index contributed by atoms with van der Waals surface area (Å²) in [6, 6.07) is 19.3. The molecule has 0 aliphatic carbocycles. The van der Waals surface area contributed by atoms with Crippen LogP contribution >= 0.6 is 12.4 Å². The van der Waals surface area contributed by atoms with E-state index in [0.29, 0.717) is 18.5 Å². The highest BCUT2D eigenvalue weighted by Crippen LogP contribution is 2.15. The topological polar surface area (TPSA) is 49.3 Å². The van der Waals surface area contributed by atoms with Crippen LogP contribution in [0.2, 0.25) is 0 Å². The van der Waals surface area contributed by atoms with Crippen LogP contribution in [0.15, 0.2) is 54.6 Å². The third-order valence-corrected chi connectivity index (χ3v) is 4.33.